The van der Waals surface area contributed by atoms with Crippen molar-refractivity contribution >= 4 is 0 Å². The second kappa shape index (κ2) is 7.25. The Bertz CT molecular complexity index is 501. The van der Waals surface area contributed by atoms with E-state index in [9.17, 15) is 0 Å². The molecule has 0 heterocycles. The van der Waals surface area contributed by atoms with Crippen LogP contribution in [0.2, 0.25) is 0 Å². The zero-order chi connectivity index (χ0) is 14.4. The summed E-state index contributed by atoms with van der Waals surface area (Å²) in [6, 6.07) is 20.0. The summed E-state index contributed by atoms with van der Waals surface area (Å²) in [6.07, 6.45) is 1.19. The van der Waals surface area contributed by atoms with E-state index < -0.39 is 0 Å². The maximum absolute atomic E-state index is 3.61. The van der Waals surface area contributed by atoms with Gasteiger partial charge in [0.15, 0.2) is 0 Å². The van der Waals surface area contributed by atoms with Crippen LogP contribution in [0.25, 0.3) is 11.1 Å². The Morgan fingerprint density at radius 1 is 0.850 bits per heavy atom. The molecule has 0 aliphatic carbocycles. The lowest BCUT2D eigenvalue weighted by atomic mass is 9.91. The monoisotopic (exact) mass is 267 g/mol. The topological polar surface area (TPSA) is 12.0 Å². The Labute approximate surface area is 123 Å². The van der Waals surface area contributed by atoms with Crippen LogP contribution in [0.15, 0.2) is 54.6 Å². The first kappa shape index (κ1) is 14.8. The molecule has 20 heavy (non-hydrogen) atoms. The molecule has 2 unspecified atom stereocenters. The molecular formula is C19H25N. The summed E-state index contributed by atoms with van der Waals surface area (Å²) in [7, 11) is 0. The summed E-state index contributed by atoms with van der Waals surface area (Å²) in [5.74, 6) is 0.650. The molecule has 0 radical (unpaired) electrons. The van der Waals surface area contributed by atoms with E-state index in [1.165, 1.54) is 23.1 Å². The molecule has 2 atom stereocenters. The second-order valence-electron chi connectivity index (χ2n) is 5.41. The maximum atomic E-state index is 3.61. The molecular weight excluding hydrogens is 242 g/mol. The van der Waals surface area contributed by atoms with E-state index in [0.29, 0.717) is 12.0 Å². The molecule has 0 aliphatic heterocycles. The summed E-state index contributed by atoms with van der Waals surface area (Å²) in [5, 5.41) is 3.61. The predicted molar refractivity (Wildman–Crippen MR) is 87.8 cm³/mol. The summed E-state index contributed by atoms with van der Waals surface area (Å²) in [6.45, 7) is 7.76. The quantitative estimate of drug-likeness (QED) is 0.772. The van der Waals surface area contributed by atoms with Crippen LogP contribution in [0, 0.1) is 5.92 Å². The highest BCUT2D eigenvalue weighted by molar-refractivity contribution is 5.63. The van der Waals surface area contributed by atoms with Gasteiger partial charge in [0.25, 0.3) is 0 Å². The van der Waals surface area contributed by atoms with Gasteiger partial charge in [-0.05, 0) is 29.2 Å². The molecule has 1 heteroatoms. The Balaban J connectivity index is 2.22. The minimum Gasteiger partial charge on any atom is -0.310 e. The SMILES string of the molecule is CCNC(c1ccc(-c2ccccc2)cc1)C(C)CC. The molecule has 0 amide bonds. The standard InChI is InChI=1S/C19H25N/c1-4-15(3)19(20-5-2)18-13-11-17(12-14-18)16-9-7-6-8-10-16/h6-15,19-20H,4-5H2,1-3H3. The van der Waals surface area contributed by atoms with Gasteiger partial charge in [-0.25, -0.2) is 0 Å². The normalized spacial score (nSPS) is 13.9. The molecule has 0 aromatic heterocycles. The zero-order valence-corrected chi connectivity index (χ0v) is 12.8. The molecule has 0 aliphatic rings. The van der Waals surface area contributed by atoms with Gasteiger partial charge >= 0.3 is 0 Å². The molecule has 0 saturated carbocycles. The van der Waals surface area contributed by atoms with Crippen molar-refractivity contribution in [3.8, 4) is 11.1 Å². The molecule has 0 fully saturated rings. The minimum atomic E-state index is 0.454. The van der Waals surface area contributed by atoms with Crippen LogP contribution >= 0.6 is 0 Å². The van der Waals surface area contributed by atoms with Gasteiger partial charge in [0.1, 0.15) is 0 Å². The fraction of sp³-hybridized carbons (Fsp3) is 0.368. The summed E-state index contributed by atoms with van der Waals surface area (Å²) < 4.78 is 0. The first-order valence-electron chi connectivity index (χ1n) is 7.65. The van der Waals surface area contributed by atoms with Crippen LogP contribution < -0.4 is 5.32 Å². The lowest BCUT2D eigenvalue weighted by Gasteiger charge is -2.24. The highest BCUT2D eigenvalue weighted by Crippen LogP contribution is 2.27. The Kier molecular flexibility index (Phi) is 5.37. The highest BCUT2D eigenvalue weighted by atomic mass is 14.9. The number of benzene rings is 2. The fourth-order valence-electron chi connectivity index (χ4n) is 2.62. The van der Waals surface area contributed by atoms with Crippen LogP contribution in [-0.2, 0) is 0 Å². The van der Waals surface area contributed by atoms with Gasteiger partial charge < -0.3 is 5.32 Å². The third kappa shape index (κ3) is 3.49. The number of rotatable bonds is 6. The van der Waals surface area contributed by atoms with Crippen LogP contribution in [0.4, 0.5) is 0 Å². The number of hydrogen-bond donors (Lipinski definition) is 1. The van der Waals surface area contributed by atoms with Crippen LogP contribution in [-0.4, -0.2) is 6.54 Å². The van der Waals surface area contributed by atoms with E-state index in [-0.39, 0.29) is 0 Å². The summed E-state index contributed by atoms with van der Waals surface area (Å²) in [5.41, 5.74) is 3.96. The number of nitrogens with one attached hydrogen (secondary N) is 1. The van der Waals surface area contributed by atoms with Gasteiger partial charge in [-0.15, -0.1) is 0 Å². The van der Waals surface area contributed by atoms with Crippen molar-refractivity contribution in [1.82, 2.24) is 5.32 Å². The van der Waals surface area contributed by atoms with E-state index in [1.807, 2.05) is 0 Å². The first-order valence-corrected chi connectivity index (χ1v) is 7.65. The van der Waals surface area contributed by atoms with Crippen LogP contribution in [0.3, 0.4) is 0 Å². The zero-order valence-electron chi connectivity index (χ0n) is 12.8. The van der Waals surface area contributed by atoms with Gasteiger partial charge in [0, 0.05) is 6.04 Å². The molecule has 106 valence electrons. The van der Waals surface area contributed by atoms with Crippen LogP contribution in [0.5, 0.6) is 0 Å². The third-order valence-corrected chi connectivity index (χ3v) is 4.01. The lowest BCUT2D eigenvalue weighted by Crippen LogP contribution is -2.26. The first-order chi connectivity index (χ1) is 9.76. The van der Waals surface area contributed by atoms with Crippen molar-refractivity contribution in [2.45, 2.75) is 33.2 Å². The van der Waals surface area contributed by atoms with Gasteiger partial charge in [-0.3, -0.25) is 0 Å². The lowest BCUT2D eigenvalue weighted by molar-refractivity contribution is 0.384. The van der Waals surface area contributed by atoms with Crippen molar-refractivity contribution in [1.29, 1.82) is 0 Å². The minimum absolute atomic E-state index is 0.454. The van der Waals surface area contributed by atoms with Gasteiger partial charge in [-0.2, -0.15) is 0 Å². The fourth-order valence-corrected chi connectivity index (χ4v) is 2.62. The van der Waals surface area contributed by atoms with Crippen molar-refractivity contribution in [2.75, 3.05) is 6.54 Å². The molecule has 1 nitrogen and oxygen atoms in total. The van der Waals surface area contributed by atoms with Crippen molar-refractivity contribution in [3.63, 3.8) is 0 Å². The molecule has 2 rings (SSSR count). The summed E-state index contributed by atoms with van der Waals surface area (Å²) in [4.78, 5) is 0. The number of hydrogen-bond acceptors (Lipinski definition) is 1. The average Bonchev–Trinajstić information content (AvgIpc) is 2.53. The third-order valence-electron chi connectivity index (χ3n) is 4.01. The molecule has 0 bridgehead atoms. The summed E-state index contributed by atoms with van der Waals surface area (Å²) >= 11 is 0. The predicted octanol–water partition coefficient (Wildman–Crippen LogP) is 5.05. The van der Waals surface area contributed by atoms with Crippen molar-refractivity contribution in [2.24, 2.45) is 5.92 Å². The van der Waals surface area contributed by atoms with E-state index in [2.05, 4.69) is 80.7 Å². The highest BCUT2D eigenvalue weighted by Gasteiger charge is 2.16. The van der Waals surface area contributed by atoms with Gasteiger partial charge in [0.2, 0.25) is 0 Å². The Morgan fingerprint density at radius 3 is 2.00 bits per heavy atom. The van der Waals surface area contributed by atoms with E-state index in [0.717, 1.165) is 6.54 Å². The second-order valence-corrected chi connectivity index (χ2v) is 5.41. The van der Waals surface area contributed by atoms with Crippen LogP contribution in [0.1, 0.15) is 38.8 Å². The van der Waals surface area contributed by atoms with Crippen molar-refractivity contribution in [3.05, 3.63) is 60.2 Å². The molecule has 2 aromatic rings. The van der Waals surface area contributed by atoms with E-state index in [1.54, 1.807) is 0 Å². The molecule has 2 aromatic carbocycles. The molecule has 0 saturated heterocycles. The molecule has 1 N–H and O–H groups in total. The Morgan fingerprint density at radius 2 is 1.45 bits per heavy atom. The molecule has 0 spiro atoms. The van der Waals surface area contributed by atoms with Crippen molar-refractivity contribution < 1.29 is 0 Å². The van der Waals surface area contributed by atoms with Gasteiger partial charge in [0.05, 0.1) is 0 Å². The maximum Gasteiger partial charge on any atom is 0.0345 e. The average molecular weight is 267 g/mol. The van der Waals surface area contributed by atoms with Gasteiger partial charge in [-0.1, -0.05) is 81.8 Å². The van der Waals surface area contributed by atoms with E-state index >= 15 is 0 Å². The largest absolute Gasteiger partial charge is 0.310 e. The smallest absolute Gasteiger partial charge is 0.0345 e. The van der Waals surface area contributed by atoms with E-state index in [4.69, 9.17) is 0 Å². The Hall–Kier alpha value is -1.60.